The van der Waals surface area contributed by atoms with Crippen molar-refractivity contribution in [2.75, 3.05) is 11.4 Å². The third-order valence-corrected chi connectivity index (χ3v) is 3.92. The minimum atomic E-state index is 0.349. The van der Waals surface area contributed by atoms with Crippen LogP contribution in [-0.4, -0.2) is 22.6 Å². The molecule has 18 heavy (non-hydrogen) atoms. The quantitative estimate of drug-likeness (QED) is 0.779. The molecule has 1 saturated heterocycles. The van der Waals surface area contributed by atoms with Crippen molar-refractivity contribution in [3.63, 3.8) is 0 Å². The topological polar surface area (TPSA) is 29.0 Å². The van der Waals surface area contributed by atoms with Gasteiger partial charge in [-0.05, 0) is 19.3 Å². The number of nitrogens with zero attached hydrogens (tertiary/aromatic N) is 3. The van der Waals surface area contributed by atoms with Gasteiger partial charge in [0.2, 0.25) is 0 Å². The second kappa shape index (κ2) is 5.87. The van der Waals surface area contributed by atoms with Crippen LogP contribution < -0.4 is 4.90 Å². The maximum absolute atomic E-state index is 6.06. The Morgan fingerprint density at radius 1 is 1.50 bits per heavy atom. The van der Waals surface area contributed by atoms with Crippen LogP contribution in [0.1, 0.15) is 57.5 Å². The Kier molecular flexibility index (Phi) is 4.44. The molecule has 0 N–H and O–H groups in total. The number of anilines is 1. The van der Waals surface area contributed by atoms with Crippen molar-refractivity contribution < 1.29 is 0 Å². The van der Waals surface area contributed by atoms with Crippen molar-refractivity contribution in [1.82, 2.24) is 9.97 Å². The van der Waals surface area contributed by atoms with E-state index >= 15 is 0 Å². The molecule has 0 radical (unpaired) electrons. The second-order valence-electron chi connectivity index (χ2n) is 5.25. The number of aromatic nitrogens is 2. The van der Waals surface area contributed by atoms with Gasteiger partial charge in [-0.2, -0.15) is 0 Å². The molecular weight excluding hydrogens is 246 g/mol. The molecule has 3 nitrogen and oxygen atoms in total. The van der Waals surface area contributed by atoms with Crippen molar-refractivity contribution in [3.05, 3.63) is 17.7 Å². The standard InChI is InChI=1S/C14H22ClN3/c1-4-11-6-5-7-18(11)13-9-16-14(10(2)3)17-12(13)8-15/h9-11H,4-8H2,1-3H3. The van der Waals surface area contributed by atoms with E-state index in [1.807, 2.05) is 6.20 Å². The lowest BCUT2D eigenvalue weighted by Gasteiger charge is -2.27. The van der Waals surface area contributed by atoms with Gasteiger partial charge in [0, 0.05) is 18.5 Å². The third-order valence-electron chi connectivity index (χ3n) is 3.67. The van der Waals surface area contributed by atoms with E-state index in [9.17, 15) is 0 Å². The Labute approximate surface area is 115 Å². The normalized spacial score (nSPS) is 19.8. The van der Waals surface area contributed by atoms with Crippen LogP contribution in [0.2, 0.25) is 0 Å². The van der Waals surface area contributed by atoms with E-state index in [-0.39, 0.29) is 0 Å². The number of halogens is 1. The summed E-state index contributed by atoms with van der Waals surface area (Å²) in [6.45, 7) is 7.56. The maximum Gasteiger partial charge on any atom is 0.131 e. The molecule has 0 saturated carbocycles. The van der Waals surface area contributed by atoms with Crippen LogP contribution in [0.4, 0.5) is 5.69 Å². The number of rotatable bonds is 4. The maximum atomic E-state index is 6.06. The summed E-state index contributed by atoms with van der Waals surface area (Å²) in [5.74, 6) is 1.70. The first-order chi connectivity index (χ1) is 8.67. The highest BCUT2D eigenvalue weighted by Crippen LogP contribution is 2.30. The fraction of sp³-hybridized carbons (Fsp3) is 0.714. The predicted octanol–water partition coefficient (Wildman–Crippen LogP) is 3.72. The molecule has 2 rings (SSSR count). The molecule has 0 amide bonds. The average Bonchev–Trinajstić information content (AvgIpc) is 2.85. The van der Waals surface area contributed by atoms with Gasteiger partial charge in [-0.15, -0.1) is 11.6 Å². The minimum Gasteiger partial charge on any atom is -0.366 e. The highest BCUT2D eigenvalue weighted by Gasteiger charge is 2.25. The van der Waals surface area contributed by atoms with Gasteiger partial charge in [-0.1, -0.05) is 20.8 Å². The van der Waals surface area contributed by atoms with Gasteiger partial charge >= 0.3 is 0 Å². The lowest BCUT2D eigenvalue weighted by molar-refractivity contribution is 0.640. The minimum absolute atomic E-state index is 0.349. The van der Waals surface area contributed by atoms with Gasteiger partial charge in [0.25, 0.3) is 0 Å². The van der Waals surface area contributed by atoms with E-state index < -0.39 is 0 Å². The molecule has 0 aromatic carbocycles. The Hall–Kier alpha value is -0.830. The summed E-state index contributed by atoms with van der Waals surface area (Å²) >= 11 is 6.06. The van der Waals surface area contributed by atoms with Crippen molar-refractivity contribution >= 4 is 17.3 Å². The Balaban J connectivity index is 2.32. The van der Waals surface area contributed by atoms with Crippen molar-refractivity contribution in [3.8, 4) is 0 Å². The number of hydrogen-bond acceptors (Lipinski definition) is 3. The average molecular weight is 268 g/mol. The van der Waals surface area contributed by atoms with Crippen molar-refractivity contribution in [2.24, 2.45) is 0 Å². The van der Waals surface area contributed by atoms with Gasteiger partial charge in [0.1, 0.15) is 5.82 Å². The summed E-state index contributed by atoms with van der Waals surface area (Å²) in [5, 5.41) is 0. The zero-order valence-electron chi connectivity index (χ0n) is 11.5. The van der Waals surface area contributed by atoms with Crippen molar-refractivity contribution in [2.45, 2.75) is 57.9 Å². The smallest absolute Gasteiger partial charge is 0.131 e. The molecule has 0 spiro atoms. The number of alkyl halides is 1. The molecule has 1 aliphatic rings. The van der Waals surface area contributed by atoms with Crippen LogP contribution >= 0.6 is 11.6 Å². The summed E-state index contributed by atoms with van der Waals surface area (Å²) < 4.78 is 0. The molecular formula is C14H22ClN3. The van der Waals surface area contributed by atoms with Crippen LogP contribution in [0.15, 0.2) is 6.20 Å². The highest BCUT2D eigenvalue weighted by atomic mass is 35.5. The second-order valence-corrected chi connectivity index (χ2v) is 5.51. The summed E-state index contributed by atoms with van der Waals surface area (Å²) in [4.78, 5) is 11.5. The zero-order valence-corrected chi connectivity index (χ0v) is 12.2. The molecule has 1 fully saturated rings. The molecule has 1 aromatic rings. The largest absolute Gasteiger partial charge is 0.366 e. The first kappa shape index (κ1) is 13.6. The van der Waals surface area contributed by atoms with E-state index in [4.69, 9.17) is 11.6 Å². The van der Waals surface area contributed by atoms with E-state index in [1.165, 1.54) is 19.3 Å². The predicted molar refractivity (Wildman–Crippen MR) is 76.3 cm³/mol. The summed E-state index contributed by atoms with van der Waals surface area (Å²) in [6.07, 6.45) is 5.66. The third kappa shape index (κ3) is 2.61. The van der Waals surface area contributed by atoms with Crippen LogP contribution in [0.3, 0.4) is 0 Å². The molecule has 1 aliphatic heterocycles. The van der Waals surface area contributed by atoms with Gasteiger partial charge in [0.15, 0.2) is 0 Å². The van der Waals surface area contributed by atoms with Gasteiger partial charge in [-0.25, -0.2) is 9.97 Å². The summed E-state index contributed by atoms with van der Waals surface area (Å²) in [6, 6.07) is 0.625. The summed E-state index contributed by atoms with van der Waals surface area (Å²) in [7, 11) is 0. The molecule has 1 unspecified atom stereocenters. The lowest BCUT2D eigenvalue weighted by atomic mass is 10.1. The molecule has 100 valence electrons. The van der Waals surface area contributed by atoms with Crippen LogP contribution in [0.25, 0.3) is 0 Å². The lowest BCUT2D eigenvalue weighted by Crippen LogP contribution is -2.30. The highest BCUT2D eigenvalue weighted by molar-refractivity contribution is 6.17. The molecule has 4 heteroatoms. The monoisotopic (exact) mass is 267 g/mol. The van der Waals surface area contributed by atoms with E-state index in [0.29, 0.717) is 17.8 Å². The zero-order chi connectivity index (χ0) is 13.1. The van der Waals surface area contributed by atoms with E-state index in [1.54, 1.807) is 0 Å². The molecule has 1 aromatic heterocycles. The molecule has 1 atom stereocenters. The van der Waals surface area contributed by atoms with Crippen LogP contribution in [-0.2, 0) is 5.88 Å². The van der Waals surface area contributed by atoms with Gasteiger partial charge < -0.3 is 4.90 Å². The Morgan fingerprint density at radius 3 is 2.89 bits per heavy atom. The molecule has 0 bridgehead atoms. The van der Waals surface area contributed by atoms with Gasteiger partial charge in [0.05, 0.1) is 23.5 Å². The Morgan fingerprint density at radius 2 is 2.28 bits per heavy atom. The number of hydrogen-bond donors (Lipinski definition) is 0. The SMILES string of the molecule is CCC1CCCN1c1cnc(C(C)C)nc1CCl. The van der Waals surface area contributed by atoms with Crippen molar-refractivity contribution in [1.29, 1.82) is 0 Å². The van der Waals surface area contributed by atoms with E-state index in [0.717, 1.165) is 23.8 Å². The molecule has 2 heterocycles. The fourth-order valence-corrected chi connectivity index (χ4v) is 2.82. The van der Waals surface area contributed by atoms with E-state index in [2.05, 4.69) is 35.6 Å². The molecule has 0 aliphatic carbocycles. The van der Waals surface area contributed by atoms with Crippen LogP contribution in [0, 0.1) is 0 Å². The van der Waals surface area contributed by atoms with Gasteiger partial charge in [-0.3, -0.25) is 0 Å². The fourth-order valence-electron chi connectivity index (χ4n) is 2.62. The first-order valence-corrected chi connectivity index (χ1v) is 7.39. The summed E-state index contributed by atoms with van der Waals surface area (Å²) in [5.41, 5.74) is 2.12. The first-order valence-electron chi connectivity index (χ1n) is 6.85. The van der Waals surface area contributed by atoms with Crippen LogP contribution in [0.5, 0.6) is 0 Å². The Bertz CT molecular complexity index is 406.